The van der Waals surface area contributed by atoms with Gasteiger partial charge in [0.1, 0.15) is 5.82 Å². The van der Waals surface area contributed by atoms with Crippen molar-refractivity contribution in [1.29, 1.82) is 0 Å². The third-order valence-corrected chi connectivity index (χ3v) is 4.05. The van der Waals surface area contributed by atoms with Gasteiger partial charge in [-0.1, -0.05) is 6.92 Å². The summed E-state index contributed by atoms with van der Waals surface area (Å²) in [5, 5.41) is 13.2. The zero-order valence-electron chi connectivity index (χ0n) is 11.6. The molecule has 0 aromatic heterocycles. The minimum atomic E-state index is -0.388. The first kappa shape index (κ1) is 14.3. The van der Waals surface area contributed by atoms with Crippen LogP contribution >= 0.6 is 0 Å². The molecule has 1 aliphatic rings. The van der Waals surface area contributed by atoms with E-state index in [1.807, 2.05) is 0 Å². The summed E-state index contributed by atoms with van der Waals surface area (Å²) in [6, 6.07) is 6.24. The molecule has 19 heavy (non-hydrogen) atoms. The second-order valence-electron chi connectivity index (χ2n) is 5.65. The summed E-state index contributed by atoms with van der Waals surface area (Å²) >= 11 is 0. The standard InChI is InChI=1S/C15H22FNO2/c1-3-14(2)10-15(11-18,8-9-19-14)17-13-6-4-12(16)5-7-13/h4-7,17-18H,3,8-11H2,1-2H3. The maximum absolute atomic E-state index is 12.9. The van der Waals surface area contributed by atoms with E-state index in [2.05, 4.69) is 19.2 Å². The van der Waals surface area contributed by atoms with E-state index in [0.717, 1.165) is 24.9 Å². The van der Waals surface area contributed by atoms with Crippen LogP contribution in [-0.4, -0.2) is 29.5 Å². The molecule has 3 nitrogen and oxygen atoms in total. The molecule has 106 valence electrons. The van der Waals surface area contributed by atoms with Gasteiger partial charge in [0.15, 0.2) is 0 Å². The highest BCUT2D eigenvalue weighted by molar-refractivity contribution is 5.46. The highest BCUT2D eigenvalue weighted by atomic mass is 19.1. The Morgan fingerprint density at radius 2 is 2.05 bits per heavy atom. The van der Waals surface area contributed by atoms with E-state index < -0.39 is 0 Å². The molecule has 2 atom stereocenters. The molecule has 1 heterocycles. The summed E-state index contributed by atoms with van der Waals surface area (Å²) in [5.41, 5.74) is 0.227. The van der Waals surface area contributed by atoms with Gasteiger partial charge < -0.3 is 15.2 Å². The molecule has 2 N–H and O–H groups in total. The summed E-state index contributed by atoms with van der Waals surface area (Å²) in [5.74, 6) is -0.256. The van der Waals surface area contributed by atoms with E-state index in [1.165, 1.54) is 12.1 Å². The van der Waals surface area contributed by atoms with Gasteiger partial charge in [-0.05, 0) is 44.0 Å². The molecular weight excluding hydrogens is 245 g/mol. The van der Waals surface area contributed by atoms with Gasteiger partial charge in [0, 0.05) is 18.7 Å². The van der Waals surface area contributed by atoms with Crippen LogP contribution in [0.15, 0.2) is 24.3 Å². The predicted octanol–water partition coefficient (Wildman–Crippen LogP) is 2.95. The van der Waals surface area contributed by atoms with Crippen molar-refractivity contribution < 1.29 is 14.2 Å². The maximum atomic E-state index is 12.9. The molecule has 0 amide bonds. The van der Waals surface area contributed by atoms with Crippen LogP contribution in [0.4, 0.5) is 10.1 Å². The van der Waals surface area contributed by atoms with Crippen LogP contribution in [-0.2, 0) is 4.74 Å². The average molecular weight is 267 g/mol. The largest absolute Gasteiger partial charge is 0.394 e. The van der Waals surface area contributed by atoms with Gasteiger partial charge in [0.05, 0.1) is 17.7 Å². The van der Waals surface area contributed by atoms with Crippen molar-refractivity contribution in [2.45, 2.75) is 44.2 Å². The van der Waals surface area contributed by atoms with Gasteiger partial charge in [-0.25, -0.2) is 4.39 Å². The quantitative estimate of drug-likeness (QED) is 0.881. The molecule has 1 aromatic rings. The molecule has 0 aliphatic carbocycles. The molecule has 1 aromatic carbocycles. The monoisotopic (exact) mass is 267 g/mol. The number of anilines is 1. The molecule has 1 aliphatic heterocycles. The molecule has 1 fully saturated rings. The van der Waals surface area contributed by atoms with Crippen LogP contribution in [0, 0.1) is 5.82 Å². The van der Waals surface area contributed by atoms with Crippen LogP contribution < -0.4 is 5.32 Å². The van der Waals surface area contributed by atoms with Crippen LogP contribution in [0.3, 0.4) is 0 Å². The van der Waals surface area contributed by atoms with E-state index in [-0.39, 0.29) is 23.6 Å². The molecule has 4 heteroatoms. The van der Waals surface area contributed by atoms with Crippen molar-refractivity contribution in [3.8, 4) is 0 Å². The van der Waals surface area contributed by atoms with Crippen molar-refractivity contribution in [3.63, 3.8) is 0 Å². The van der Waals surface area contributed by atoms with Crippen LogP contribution in [0.25, 0.3) is 0 Å². The highest BCUT2D eigenvalue weighted by Crippen LogP contribution is 2.36. The van der Waals surface area contributed by atoms with E-state index in [1.54, 1.807) is 12.1 Å². The molecule has 2 rings (SSSR count). The minimum Gasteiger partial charge on any atom is -0.394 e. The lowest BCUT2D eigenvalue weighted by atomic mass is 9.79. The summed E-state index contributed by atoms with van der Waals surface area (Å²) in [7, 11) is 0. The van der Waals surface area contributed by atoms with Crippen molar-refractivity contribution in [1.82, 2.24) is 0 Å². The third-order valence-electron chi connectivity index (χ3n) is 4.05. The van der Waals surface area contributed by atoms with Crippen molar-refractivity contribution >= 4 is 5.69 Å². The molecule has 0 bridgehead atoms. The lowest BCUT2D eigenvalue weighted by Gasteiger charge is -2.46. The van der Waals surface area contributed by atoms with Crippen molar-refractivity contribution in [2.75, 3.05) is 18.5 Å². The van der Waals surface area contributed by atoms with Gasteiger partial charge in [0.25, 0.3) is 0 Å². The molecule has 1 saturated heterocycles. The molecule has 0 spiro atoms. The molecule has 0 radical (unpaired) electrons. The Labute approximate surface area is 113 Å². The Morgan fingerprint density at radius 1 is 1.37 bits per heavy atom. The summed E-state index contributed by atoms with van der Waals surface area (Å²) in [4.78, 5) is 0. The Kier molecular flexibility index (Phi) is 4.11. The number of benzene rings is 1. The zero-order chi connectivity index (χ0) is 13.9. The van der Waals surface area contributed by atoms with Gasteiger partial charge in [-0.15, -0.1) is 0 Å². The SMILES string of the molecule is CCC1(C)CC(CO)(Nc2ccc(F)cc2)CCO1. The first-order chi connectivity index (χ1) is 9.01. The van der Waals surface area contributed by atoms with Crippen LogP contribution in [0.1, 0.15) is 33.1 Å². The fourth-order valence-corrected chi connectivity index (χ4v) is 2.70. The number of nitrogens with one attached hydrogen (secondary N) is 1. The molecular formula is C15H22FNO2. The normalized spacial score (nSPS) is 31.2. The van der Waals surface area contributed by atoms with Gasteiger partial charge >= 0.3 is 0 Å². The molecule has 2 unspecified atom stereocenters. The number of aliphatic hydroxyl groups is 1. The number of rotatable bonds is 4. The number of ether oxygens (including phenoxy) is 1. The lowest BCUT2D eigenvalue weighted by molar-refractivity contribution is -0.0973. The Hall–Kier alpha value is -1.13. The summed E-state index contributed by atoms with van der Waals surface area (Å²) < 4.78 is 18.7. The van der Waals surface area contributed by atoms with E-state index in [9.17, 15) is 9.50 Å². The average Bonchev–Trinajstić information content (AvgIpc) is 2.42. The topological polar surface area (TPSA) is 41.5 Å². The Bertz CT molecular complexity index is 423. The number of halogens is 1. The summed E-state index contributed by atoms with van der Waals surface area (Å²) in [6.07, 6.45) is 2.39. The van der Waals surface area contributed by atoms with Gasteiger partial charge in [-0.2, -0.15) is 0 Å². The van der Waals surface area contributed by atoms with Crippen molar-refractivity contribution in [2.24, 2.45) is 0 Å². The number of hydrogen-bond acceptors (Lipinski definition) is 3. The fraction of sp³-hybridized carbons (Fsp3) is 0.600. The first-order valence-electron chi connectivity index (χ1n) is 6.79. The van der Waals surface area contributed by atoms with Crippen LogP contribution in [0.2, 0.25) is 0 Å². The van der Waals surface area contributed by atoms with Crippen molar-refractivity contribution in [3.05, 3.63) is 30.1 Å². The predicted molar refractivity (Wildman–Crippen MR) is 73.7 cm³/mol. The fourth-order valence-electron chi connectivity index (χ4n) is 2.70. The van der Waals surface area contributed by atoms with E-state index >= 15 is 0 Å². The second kappa shape index (κ2) is 5.47. The van der Waals surface area contributed by atoms with E-state index in [0.29, 0.717) is 6.61 Å². The first-order valence-corrected chi connectivity index (χ1v) is 6.79. The highest BCUT2D eigenvalue weighted by Gasteiger charge is 2.42. The zero-order valence-corrected chi connectivity index (χ0v) is 11.6. The van der Waals surface area contributed by atoms with E-state index in [4.69, 9.17) is 4.74 Å². The smallest absolute Gasteiger partial charge is 0.123 e. The van der Waals surface area contributed by atoms with Gasteiger partial charge in [0.2, 0.25) is 0 Å². The third kappa shape index (κ3) is 3.25. The van der Waals surface area contributed by atoms with Crippen LogP contribution in [0.5, 0.6) is 0 Å². The molecule has 0 saturated carbocycles. The number of hydrogen-bond donors (Lipinski definition) is 2. The number of aliphatic hydroxyl groups excluding tert-OH is 1. The Balaban J connectivity index is 2.16. The summed E-state index contributed by atoms with van der Waals surface area (Å²) in [6.45, 7) is 4.83. The second-order valence-corrected chi connectivity index (χ2v) is 5.65. The minimum absolute atomic E-state index is 0.0450. The Morgan fingerprint density at radius 3 is 2.63 bits per heavy atom. The van der Waals surface area contributed by atoms with Gasteiger partial charge in [-0.3, -0.25) is 0 Å². The maximum Gasteiger partial charge on any atom is 0.123 e. The lowest BCUT2D eigenvalue weighted by Crippen LogP contribution is -2.54.